The van der Waals surface area contributed by atoms with Crippen molar-refractivity contribution in [3.8, 4) is 0 Å². The summed E-state index contributed by atoms with van der Waals surface area (Å²) in [6.45, 7) is 1.83. The molecule has 3 aromatic rings. The lowest BCUT2D eigenvalue weighted by molar-refractivity contribution is 0.592. The number of aromatic nitrogens is 3. The van der Waals surface area contributed by atoms with Crippen LogP contribution in [0.3, 0.4) is 0 Å². The van der Waals surface area contributed by atoms with E-state index in [1.807, 2.05) is 29.1 Å². The summed E-state index contributed by atoms with van der Waals surface area (Å²) in [6.07, 6.45) is 4.81. The van der Waals surface area contributed by atoms with Crippen molar-refractivity contribution >= 4 is 42.6 Å². The molecule has 2 aromatic heterocycles. The third-order valence-corrected chi connectivity index (χ3v) is 4.22. The van der Waals surface area contributed by atoms with Gasteiger partial charge in [-0.05, 0) is 30.7 Å². The molecule has 2 heterocycles. The van der Waals surface area contributed by atoms with Crippen molar-refractivity contribution in [2.75, 3.05) is 11.9 Å². The first-order valence-corrected chi connectivity index (χ1v) is 7.69. The van der Waals surface area contributed by atoms with Gasteiger partial charge in [0.1, 0.15) is 0 Å². The molecule has 1 N–H and O–H groups in total. The van der Waals surface area contributed by atoms with Gasteiger partial charge >= 0.3 is 0 Å². The van der Waals surface area contributed by atoms with Crippen molar-refractivity contribution in [1.82, 2.24) is 14.8 Å². The summed E-state index contributed by atoms with van der Waals surface area (Å²) < 4.78 is 4.23. The molecule has 0 aliphatic heterocycles. The largest absolute Gasteiger partial charge is 0.361 e. The summed E-state index contributed by atoms with van der Waals surface area (Å²) in [7, 11) is 0. The molecule has 0 fully saturated rings. The number of nitrogens with zero attached hydrogens (tertiary/aromatic N) is 3. The molecule has 3 rings (SSSR count). The zero-order valence-corrected chi connectivity index (χ0v) is 12.6. The van der Waals surface area contributed by atoms with E-state index in [-0.39, 0.29) is 0 Å². The third kappa shape index (κ3) is 3.13. The second-order valence-corrected chi connectivity index (χ2v) is 6.13. The van der Waals surface area contributed by atoms with Gasteiger partial charge in [0, 0.05) is 30.0 Å². The molecular weight excluding hydrogens is 324 g/mol. The van der Waals surface area contributed by atoms with E-state index in [0.29, 0.717) is 0 Å². The lowest BCUT2D eigenvalue weighted by Crippen LogP contribution is -2.06. The van der Waals surface area contributed by atoms with Gasteiger partial charge in [0.2, 0.25) is 0 Å². The van der Waals surface area contributed by atoms with E-state index in [2.05, 4.69) is 37.4 Å². The third-order valence-electron chi connectivity index (χ3n) is 2.75. The van der Waals surface area contributed by atoms with E-state index in [1.165, 1.54) is 4.70 Å². The molecule has 0 amide bonds. The highest BCUT2D eigenvalue weighted by Gasteiger charge is 2.03. The summed E-state index contributed by atoms with van der Waals surface area (Å²) in [5.74, 6) is 0. The Morgan fingerprint density at radius 3 is 3.16 bits per heavy atom. The maximum absolute atomic E-state index is 4.55. The van der Waals surface area contributed by atoms with Gasteiger partial charge in [0.25, 0.3) is 0 Å². The van der Waals surface area contributed by atoms with Crippen LogP contribution in [0.25, 0.3) is 10.2 Å². The predicted octanol–water partition coefficient (Wildman–Crippen LogP) is 3.76. The molecule has 0 unspecified atom stereocenters. The number of hydrogen-bond donors (Lipinski definition) is 1. The van der Waals surface area contributed by atoms with E-state index in [1.54, 1.807) is 17.5 Å². The van der Waals surface area contributed by atoms with Gasteiger partial charge in [-0.25, -0.2) is 4.98 Å². The molecule has 1 aromatic carbocycles. The van der Waals surface area contributed by atoms with E-state index < -0.39 is 0 Å². The fourth-order valence-electron chi connectivity index (χ4n) is 1.84. The van der Waals surface area contributed by atoms with Gasteiger partial charge in [0.05, 0.1) is 10.2 Å². The van der Waals surface area contributed by atoms with Crippen LogP contribution < -0.4 is 5.32 Å². The number of aryl methyl sites for hydroxylation is 1. The molecule has 0 atom stereocenters. The maximum atomic E-state index is 4.55. The Morgan fingerprint density at radius 1 is 1.37 bits per heavy atom. The van der Waals surface area contributed by atoms with E-state index in [0.717, 1.165) is 34.6 Å². The topological polar surface area (TPSA) is 42.7 Å². The molecule has 0 aliphatic rings. The molecule has 6 heteroatoms. The second-order valence-electron chi connectivity index (χ2n) is 4.18. The highest BCUT2D eigenvalue weighted by atomic mass is 79.9. The lowest BCUT2D eigenvalue weighted by Gasteiger charge is -2.02. The van der Waals surface area contributed by atoms with E-state index >= 15 is 0 Å². The molecule has 19 heavy (non-hydrogen) atoms. The first-order valence-electron chi connectivity index (χ1n) is 6.09. The number of halogens is 1. The normalized spacial score (nSPS) is 11.0. The van der Waals surface area contributed by atoms with Gasteiger partial charge in [-0.2, -0.15) is 5.10 Å². The second kappa shape index (κ2) is 5.71. The van der Waals surface area contributed by atoms with Crippen LogP contribution in [0, 0.1) is 0 Å². The summed E-state index contributed by atoms with van der Waals surface area (Å²) in [5, 5.41) is 8.52. The molecule has 0 bridgehead atoms. The lowest BCUT2D eigenvalue weighted by atomic mass is 10.3. The van der Waals surface area contributed by atoms with Crippen LogP contribution in [-0.2, 0) is 6.54 Å². The fraction of sp³-hybridized carbons (Fsp3) is 0.231. The molecule has 0 spiro atoms. The number of hydrogen-bond acceptors (Lipinski definition) is 4. The maximum Gasteiger partial charge on any atom is 0.183 e. The van der Waals surface area contributed by atoms with Crippen molar-refractivity contribution in [3.05, 3.63) is 41.1 Å². The predicted molar refractivity (Wildman–Crippen MR) is 82.7 cm³/mol. The number of benzene rings is 1. The summed E-state index contributed by atoms with van der Waals surface area (Å²) in [5.41, 5.74) is 1.04. The highest BCUT2D eigenvalue weighted by Crippen LogP contribution is 2.28. The number of fused-ring (bicyclic) bond motifs is 1. The Bertz CT molecular complexity index is 662. The van der Waals surface area contributed by atoms with Gasteiger partial charge < -0.3 is 5.32 Å². The minimum absolute atomic E-state index is 0.904. The summed E-state index contributed by atoms with van der Waals surface area (Å²) in [6, 6.07) is 8.09. The Kier molecular flexibility index (Phi) is 3.79. The van der Waals surface area contributed by atoms with E-state index in [9.17, 15) is 0 Å². The average Bonchev–Trinajstić information content (AvgIpc) is 3.02. The van der Waals surface area contributed by atoms with Crippen molar-refractivity contribution in [1.29, 1.82) is 0 Å². The highest BCUT2D eigenvalue weighted by molar-refractivity contribution is 9.10. The van der Waals surface area contributed by atoms with Crippen LogP contribution in [0.5, 0.6) is 0 Å². The summed E-state index contributed by atoms with van der Waals surface area (Å²) in [4.78, 5) is 4.55. The Labute approximate surface area is 123 Å². The minimum Gasteiger partial charge on any atom is -0.361 e. The van der Waals surface area contributed by atoms with Crippen molar-refractivity contribution in [3.63, 3.8) is 0 Å². The molecule has 0 saturated carbocycles. The molecule has 98 valence electrons. The van der Waals surface area contributed by atoms with E-state index in [4.69, 9.17) is 0 Å². The summed E-state index contributed by atoms with van der Waals surface area (Å²) >= 11 is 5.16. The van der Waals surface area contributed by atoms with Gasteiger partial charge in [-0.3, -0.25) is 4.68 Å². The first-order chi connectivity index (χ1) is 9.31. The van der Waals surface area contributed by atoms with Crippen LogP contribution in [0.2, 0.25) is 0 Å². The van der Waals surface area contributed by atoms with Crippen LogP contribution >= 0.6 is 27.3 Å². The monoisotopic (exact) mass is 336 g/mol. The number of nitrogens with one attached hydrogen (secondary N) is 1. The van der Waals surface area contributed by atoms with Crippen molar-refractivity contribution in [2.24, 2.45) is 0 Å². The quantitative estimate of drug-likeness (QED) is 0.721. The molecule has 0 radical (unpaired) electrons. The number of rotatable bonds is 5. The first kappa shape index (κ1) is 12.6. The molecule has 0 aliphatic carbocycles. The minimum atomic E-state index is 0.904. The van der Waals surface area contributed by atoms with Crippen LogP contribution in [0.15, 0.2) is 41.1 Å². The Morgan fingerprint density at radius 2 is 2.32 bits per heavy atom. The molecular formula is C13H13BrN4S. The zero-order valence-electron chi connectivity index (χ0n) is 10.2. The molecule has 0 saturated heterocycles. The van der Waals surface area contributed by atoms with Gasteiger partial charge in [-0.1, -0.05) is 27.3 Å². The van der Waals surface area contributed by atoms with Gasteiger partial charge in [0.15, 0.2) is 5.13 Å². The zero-order chi connectivity index (χ0) is 13.1. The van der Waals surface area contributed by atoms with Crippen molar-refractivity contribution < 1.29 is 0 Å². The fourth-order valence-corrected chi connectivity index (χ4v) is 3.29. The number of anilines is 1. The van der Waals surface area contributed by atoms with Crippen molar-refractivity contribution in [2.45, 2.75) is 13.0 Å². The SMILES string of the molecule is Brc1ccc2nc(NCCCn3cccn3)sc2c1. The number of thiazole rings is 1. The van der Waals surface area contributed by atoms with Crippen LogP contribution in [-0.4, -0.2) is 21.3 Å². The Hall–Kier alpha value is -1.40. The average molecular weight is 337 g/mol. The Balaban J connectivity index is 1.56. The standard InChI is InChI=1S/C13H13BrN4S/c14-10-3-4-11-12(9-10)19-13(17-11)15-5-1-7-18-8-2-6-16-18/h2-4,6,8-9H,1,5,7H2,(H,15,17). The van der Waals surface area contributed by atoms with Crippen LogP contribution in [0.1, 0.15) is 6.42 Å². The van der Waals surface area contributed by atoms with Gasteiger partial charge in [-0.15, -0.1) is 0 Å². The molecule has 4 nitrogen and oxygen atoms in total. The smallest absolute Gasteiger partial charge is 0.183 e. The van der Waals surface area contributed by atoms with Crippen LogP contribution in [0.4, 0.5) is 5.13 Å².